The van der Waals surface area contributed by atoms with Crippen molar-refractivity contribution in [2.45, 2.75) is 39.3 Å². The number of hydrogen-bond donors (Lipinski definition) is 0. The molecule has 2 rings (SSSR count). The predicted octanol–water partition coefficient (Wildman–Crippen LogP) is 3.90. The predicted molar refractivity (Wildman–Crippen MR) is 91.0 cm³/mol. The fourth-order valence-electron chi connectivity index (χ4n) is 2.57. The van der Waals surface area contributed by atoms with Crippen molar-refractivity contribution in [3.8, 4) is 0 Å². The van der Waals surface area contributed by atoms with Gasteiger partial charge in [-0.25, -0.2) is 0 Å². The highest BCUT2D eigenvalue weighted by atomic mass is 16.1. The molecule has 0 aliphatic heterocycles. The van der Waals surface area contributed by atoms with Gasteiger partial charge >= 0.3 is 0 Å². The lowest BCUT2D eigenvalue weighted by molar-refractivity contribution is 0.0889. The van der Waals surface area contributed by atoms with Gasteiger partial charge in [-0.3, -0.25) is 9.69 Å². The monoisotopic (exact) mass is 298 g/mol. The van der Waals surface area contributed by atoms with E-state index < -0.39 is 0 Å². The molecule has 1 aromatic carbocycles. The largest absolute Gasteiger partial charge is 0.348 e. The van der Waals surface area contributed by atoms with Crippen molar-refractivity contribution < 1.29 is 4.79 Å². The van der Waals surface area contributed by atoms with Crippen LogP contribution in [0.1, 0.15) is 43.2 Å². The maximum atomic E-state index is 12.4. The highest BCUT2D eigenvalue weighted by molar-refractivity contribution is 5.94. The van der Waals surface area contributed by atoms with E-state index in [0.717, 1.165) is 18.8 Å². The Kier molecular flexibility index (Phi) is 5.19. The van der Waals surface area contributed by atoms with Crippen LogP contribution in [0, 0.1) is 0 Å². The molecule has 1 heterocycles. The molecule has 0 aliphatic rings. The van der Waals surface area contributed by atoms with Gasteiger partial charge in [0.25, 0.3) is 0 Å². The Bertz CT molecular complexity index is 608. The number of aromatic nitrogens is 1. The number of rotatable bonds is 6. The first-order chi connectivity index (χ1) is 10.4. The fraction of sp³-hybridized carbons (Fsp3) is 0.421. The average Bonchev–Trinajstić information content (AvgIpc) is 2.89. The summed E-state index contributed by atoms with van der Waals surface area (Å²) in [6.45, 7) is 8.22. The van der Waals surface area contributed by atoms with Crippen LogP contribution < -0.4 is 0 Å². The van der Waals surface area contributed by atoms with Crippen molar-refractivity contribution >= 4 is 5.78 Å². The van der Waals surface area contributed by atoms with Crippen molar-refractivity contribution in [1.82, 2.24) is 9.47 Å². The van der Waals surface area contributed by atoms with E-state index in [0.29, 0.717) is 6.42 Å². The lowest BCUT2D eigenvalue weighted by atomic mass is 10.0. The van der Waals surface area contributed by atoms with Gasteiger partial charge < -0.3 is 4.57 Å². The molecule has 0 saturated carbocycles. The number of Topliss-reactive ketones (excluding diaryl/α,β-unsaturated/α-hetero) is 1. The molecule has 0 fully saturated rings. The molecule has 0 N–H and O–H groups in total. The third kappa shape index (κ3) is 4.31. The Morgan fingerprint density at radius 2 is 1.77 bits per heavy atom. The first-order valence-corrected chi connectivity index (χ1v) is 7.81. The fourth-order valence-corrected chi connectivity index (χ4v) is 2.57. The summed E-state index contributed by atoms with van der Waals surface area (Å²) in [4.78, 5) is 14.7. The zero-order chi connectivity index (χ0) is 16.2. The lowest BCUT2D eigenvalue weighted by Gasteiger charge is -2.35. The average molecular weight is 298 g/mol. The highest BCUT2D eigenvalue weighted by Crippen LogP contribution is 2.18. The van der Waals surface area contributed by atoms with Crippen LogP contribution >= 0.6 is 0 Å². The molecule has 0 atom stereocenters. The Labute approximate surface area is 133 Å². The van der Waals surface area contributed by atoms with E-state index >= 15 is 0 Å². The minimum Gasteiger partial charge on any atom is -0.348 e. The zero-order valence-corrected chi connectivity index (χ0v) is 14.0. The number of nitrogens with zero attached hydrogens (tertiary/aromatic N) is 2. The summed E-state index contributed by atoms with van der Waals surface area (Å²) in [7, 11) is 1.92. The molecule has 0 bridgehead atoms. The van der Waals surface area contributed by atoms with Gasteiger partial charge in [0, 0.05) is 38.3 Å². The molecular formula is C19H26N2O. The summed E-state index contributed by atoms with van der Waals surface area (Å²) in [5.41, 5.74) is 2.10. The van der Waals surface area contributed by atoms with E-state index in [1.54, 1.807) is 0 Å². The number of hydrogen-bond acceptors (Lipinski definition) is 2. The van der Waals surface area contributed by atoms with Crippen LogP contribution in [-0.4, -0.2) is 27.3 Å². The van der Waals surface area contributed by atoms with E-state index in [2.05, 4.69) is 49.9 Å². The summed E-state index contributed by atoms with van der Waals surface area (Å²) in [5.74, 6) is 0.204. The van der Waals surface area contributed by atoms with Crippen molar-refractivity contribution in [2.75, 3.05) is 6.54 Å². The Balaban J connectivity index is 2.02. The number of ketones is 1. The Morgan fingerprint density at radius 1 is 1.09 bits per heavy atom. The van der Waals surface area contributed by atoms with Crippen molar-refractivity contribution in [2.24, 2.45) is 7.05 Å². The molecule has 0 radical (unpaired) electrons. The second-order valence-electron chi connectivity index (χ2n) is 6.76. The lowest BCUT2D eigenvalue weighted by Crippen LogP contribution is -2.42. The minimum absolute atomic E-state index is 0.0321. The van der Waals surface area contributed by atoms with E-state index in [1.807, 2.05) is 36.0 Å². The van der Waals surface area contributed by atoms with Gasteiger partial charge in [-0.15, -0.1) is 0 Å². The third-order valence-corrected chi connectivity index (χ3v) is 4.00. The van der Waals surface area contributed by atoms with E-state index in [-0.39, 0.29) is 11.3 Å². The molecule has 3 nitrogen and oxygen atoms in total. The number of benzene rings is 1. The molecular weight excluding hydrogens is 272 g/mol. The molecule has 118 valence electrons. The van der Waals surface area contributed by atoms with Crippen LogP contribution in [0.15, 0.2) is 48.7 Å². The topological polar surface area (TPSA) is 25.2 Å². The van der Waals surface area contributed by atoms with Crippen LogP contribution in [0.2, 0.25) is 0 Å². The number of aryl methyl sites for hydroxylation is 1. The van der Waals surface area contributed by atoms with Crippen LogP contribution in [0.3, 0.4) is 0 Å². The van der Waals surface area contributed by atoms with E-state index in [1.165, 1.54) is 5.56 Å². The third-order valence-electron chi connectivity index (χ3n) is 4.00. The number of carbonyl (C=O) groups is 1. The molecule has 3 heteroatoms. The van der Waals surface area contributed by atoms with Crippen molar-refractivity contribution in [1.29, 1.82) is 0 Å². The van der Waals surface area contributed by atoms with Crippen LogP contribution in [-0.2, 0) is 13.6 Å². The summed E-state index contributed by atoms with van der Waals surface area (Å²) in [5, 5.41) is 0. The van der Waals surface area contributed by atoms with Gasteiger partial charge in [-0.2, -0.15) is 0 Å². The van der Waals surface area contributed by atoms with Gasteiger partial charge in [0.05, 0.1) is 5.69 Å². The van der Waals surface area contributed by atoms with Gasteiger partial charge in [0.15, 0.2) is 5.78 Å². The second kappa shape index (κ2) is 6.93. The zero-order valence-electron chi connectivity index (χ0n) is 14.0. The standard InChI is InChI=1S/C19H26N2O/c1-19(2,3)21(15-16-9-6-5-7-10-16)14-12-18(22)17-11-8-13-20(17)4/h5-11,13H,12,14-15H2,1-4H3. The van der Waals surface area contributed by atoms with Gasteiger partial charge in [0.2, 0.25) is 0 Å². The van der Waals surface area contributed by atoms with E-state index in [9.17, 15) is 4.79 Å². The van der Waals surface area contributed by atoms with Crippen LogP contribution in [0.4, 0.5) is 0 Å². The quantitative estimate of drug-likeness (QED) is 0.756. The van der Waals surface area contributed by atoms with Crippen LogP contribution in [0.25, 0.3) is 0 Å². The molecule has 0 spiro atoms. The maximum Gasteiger partial charge on any atom is 0.180 e. The molecule has 0 unspecified atom stereocenters. The van der Waals surface area contributed by atoms with Gasteiger partial charge in [-0.05, 0) is 38.5 Å². The SMILES string of the molecule is Cn1cccc1C(=O)CCN(Cc1ccccc1)C(C)(C)C. The summed E-state index contributed by atoms with van der Waals surface area (Å²) >= 11 is 0. The van der Waals surface area contributed by atoms with E-state index in [4.69, 9.17) is 0 Å². The molecule has 0 aliphatic carbocycles. The summed E-state index contributed by atoms with van der Waals surface area (Å²) in [6.07, 6.45) is 2.46. The Hall–Kier alpha value is -1.87. The van der Waals surface area contributed by atoms with Gasteiger partial charge in [0.1, 0.15) is 0 Å². The summed E-state index contributed by atoms with van der Waals surface area (Å²) in [6, 6.07) is 14.2. The summed E-state index contributed by atoms with van der Waals surface area (Å²) < 4.78 is 1.89. The molecule has 1 aromatic heterocycles. The van der Waals surface area contributed by atoms with Gasteiger partial charge in [-0.1, -0.05) is 30.3 Å². The minimum atomic E-state index is 0.0321. The first kappa shape index (κ1) is 16.5. The first-order valence-electron chi connectivity index (χ1n) is 7.81. The second-order valence-corrected chi connectivity index (χ2v) is 6.76. The Morgan fingerprint density at radius 3 is 2.32 bits per heavy atom. The molecule has 22 heavy (non-hydrogen) atoms. The molecule has 0 amide bonds. The number of carbonyl (C=O) groups excluding carboxylic acids is 1. The van der Waals surface area contributed by atoms with Crippen molar-refractivity contribution in [3.05, 3.63) is 59.9 Å². The highest BCUT2D eigenvalue weighted by Gasteiger charge is 2.22. The molecule has 2 aromatic rings. The van der Waals surface area contributed by atoms with Crippen molar-refractivity contribution in [3.63, 3.8) is 0 Å². The normalized spacial score (nSPS) is 11.9. The smallest absolute Gasteiger partial charge is 0.180 e. The van der Waals surface area contributed by atoms with Crippen LogP contribution in [0.5, 0.6) is 0 Å². The molecule has 0 saturated heterocycles. The maximum absolute atomic E-state index is 12.4.